The van der Waals surface area contributed by atoms with Crippen molar-refractivity contribution in [3.8, 4) is 16.9 Å². The molecule has 5 rings (SSSR count). The highest BCUT2D eigenvalue weighted by atomic mass is 19.1. The first-order valence-electron chi connectivity index (χ1n) is 15.0. The zero-order chi connectivity index (χ0) is 33.6. The number of benzene rings is 1. The summed E-state index contributed by atoms with van der Waals surface area (Å²) in [4.78, 5) is 59.9. The van der Waals surface area contributed by atoms with Crippen molar-refractivity contribution in [3.63, 3.8) is 0 Å². The van der Waals surface area contributed by atoms with Gasteiger partial charge in [-0.25, -0.2) is 37.9 Å². The Bertz CT molecular complexity index is 1910. The first-order chi connectivity index (χ1) is 21.7. The van der Waals surface area contributed by atoms with E-state index >= 15 is 8.78 Å². The second-order valence-electron chi connectivity index (χ2n) is 12.0. The van der Waals surface area contributed by atoms with E-state index in [1.54, 1.807) is 38.7 Å². The van der Waals surface area contributed by atoms with E-state index in [2.05, 4.69) is 26.5 Å². The van der Waals surface area contributed by atoms with Crippen LogP contribution in [0, 0.1) is 11.6 Å². The van der Waals surface area contributed by atoms with E-state index in [-0.39, 0.29) is 81.6 Å². The van der Waals surface area contributed by atoms with E-state index < -0.39 is 29.1 Å². The Kier molecular flexibility index (Phi) is 8.70. The van der Waals surface area contributed by atoms with Gasteiger partial charge in [0, 0.05) is 30.7 Å². The van der Waals surface area contributed by atoms with E-state index in [0.717, 1.165) is 0 Å². The second-order valence-corrected chi connectivity index (χ2v) is 12.0. The number of anilines is 1. The van der Waals surface area contributed by atoms with Crippen LogP contribution >= 0.6 is 0 Å². The maximum atomic E-state index is 16.0. The number of carbonyl (C=O) groups is 2. The molecule has 11 nitrogen and oxygen atoms in total. The Hall–Kier alpha value is -5.07. The van der Waals surface area contributed by atoms with Gasteiger partial charge in [0.1, 0.15) is 23.1 Å². The van der Waals surface area contributed by atoms with E-state index in [1.807, 2.05) is 18.7 Å². The average molecular weight is 632 g/mol. The van der Waals surface area contributed by atoms with E-state index in [4.69, 9.17) is 0 Å². The Morgan fingerprint density at radius 2 is 1.59 bits per heavy atom. The topological polar surface area (TPSA) is 134 Å². The molecule has 0 unspecified atom stereocenters. The molecule has 46 heavy (non-hydrogen) atoms. The molecule has 1 aliphatic rings. The Morgan fingerprint density at radius 1 is 0.957 bits per heavy atom. The first-order valence-corrected chi connectivity index (χ1v) is 15.0. The van der Waals surface area contributed by atoms with E-state index in [0.29, 0.717) is 6.54 Å². The van der Waals surface area contributed by atoms with Crippen molar-refractivity contribution in [2.75, 3.05) is 18.0 Å². The molecule has 1 N–H and O–H groups in total. The summed E-state index contributed by atoms with van der Waals surface area (Å²) in [6, 6.07) is 6.14. The highest BCUT2D eigenvalue weighted by molar-refractivity contribution is 5.91. The summed E-state index contributed by atoms with van der Waals surface area (Å²) in [5.74, 6) is -4.15. The molecule has 0 bridgehead atoms. The number of piperazine rings is 1. The molecule has 0 radical (unpaired) electrons. The highest BCUT2D eigenvalue weighted by Crippen LogP contribution is 2.35. The number of hydrogen-bond acceptors (Lipinski definition) is 8. The van der Waals surface area contributed by atoms with E-state index in [1.165, 1.54) is 34.9 Å². The maximum absolute atomic E-state index is 16.0. The molecule has 13 heteroatoms. The summed E-state index contributed by atoms with van der Waals surface area (Å²) in [6.45, 7) is 15.0. The lowest BCUT2D eigenvalue weighted by molar-refractivity contribution is -0.128. The number of aromatic nitrogens is 5. The summed E-state index contributed by atoms with van der Waals surface area (Å²) >= 11 is 0. The fourth-order valence-electron chi connectivity index (χ4n) is 5.83. The number of carbonyl (C=O) groups excluding carboxylic acids is 1. The number of rotatable bonds is 7. The van der Waals surface area contributed by atoms with Crippen LogP contribution in [0.4, 0.5) is 14.6 Å². The SMILES string of the molecule is C=CC(=O)N1C[C@H](C)N(c2nc(=O)n(-c3c(C(C)C)nc(C(=O)O)nc3C(C)C)c3nc(-c4ccccc4F)c(F)cc23)C[C@H]1C. The molecule has 0 saturated carbocycles. The summed E-state index contributed by atoms with van der Waals surface area (Å²) < 4.78 is 32.2. The molecule has 2 atom stereocenters. The molecule has 1 aromatic carbocycles. The molecule has 1 fully saturated rings. The quantitative estimate of drug-likeness (QED) is 0.277. The lowest BCUT2D eigenvalue weighted by atomic mass is 10.0. The van der Waals surface area contributed by atoms with Gasteiger partial charge >= 0.3 is 11.7 Å². The molecule has 0 spiro atoms. The van der Waals surface area contributed by atoms with Crippen LogP contribution in [0.25, 0.3) is 28.0 Å². The summed E-state index contributed by atoms with van der Waals surface area (Å²) in [5, 5.41) is 9.93. The van der Waals surface area contributed by atoms with Crippen molar-refractivity contribution in [3.05, 3.63) is 82.3 Å². The van der Waals surface area contributed by atoms with Crippen LogP contribution in [0.1, 0.15) is 75.4 Å². The highest BCUT2D eigenvalue weighted by Gasteiger charge is 2.35. The van der Waals surface area contributed by atoms with Crippen LogP contribution in [-0.4, -0.2) is 71.6 Å². The lowest BCUT2D eigenvalue weighted by Crippen LogP contribution is -2.58. The fourth-order valence-corrected chi connectivity index (χ4v) is 5.83. The second kappa shape index (κ2) is 12.4. The Balaban J connectivity index is 1.89. The van der Waals surface area contributed by atoms with Gasteiger partial charge in [0.15, 0.2) is 5.65 Å². The zero-order valence-corrected chi connectivity index (χ0v) is 26.5. The molecule has 1 aliphatic heterocycles. The van der Waals surface area contributed by atoms with Crippen molar-refractivity contribution < 1.29 is 23.5 Å². The number of carboxylic acid groups (broad SMARTS) is 1. The third-order valence-corrected chi connectivity index (χ3v) is 8.09. The minimum atomic E-state index is -1.33. The van der Waals surface area contributed by atoms with Crippen LogP contribution in [0.5, 0.6) is 0 Å². The Morgan fingerprint density at radius 3 is 2.15 bits per heavy atom. The largest absolute Gasteiger partial charge is 0.475 e. The van der Waals surface area contributed by atoms with Gasteiger partial charge in [0.05, 0.1) is 22.5 Å². The van der Waals surface area contributed by atoms with Crippen molar-refractivity contribution in [1.29, 1.82) is 0 Å². The van der Waals surface area contributed by atoms with Gasteiger partial charge in [-0.3, -0.25) is 4.79 Å². The van der Waals surface area contributed by atoms with Crippen LogP contribution in [0.3, 0.4) is 0 Å². The van der Waals surface area contributed by atoms with Gasteiger partial charge in [-0.15, -0.1) is 0 Å². The van der Waals surface area contributed by atoms with Gasteiger partial charge in [0.2, 0.25) is 11.7 Å². The third-order valence-electron chi connectivity index (χ3n) is 8.09. The summed E-state index contributed by atoms with van der Waals surface area (Å²) in [5.41, 5.74) is -0.555. The standard InChI is InChI=1S/C33H35F2N7O4/c1-8-24(43)40-14-19(7)41(15-18(40)6)30-21-13-23(35)27(20-11-9-10-12-22(20)34)38-31(21)42(33(46)39-30)28-25(16(2)3)36-29(32(44)45)37-26(28)17(4)5/h8-13,16-19H,1,14-15H2,2-7H3,(H,44,45)/t18-,19+/m1/s1. The van der Waals surface area contributed by atoms with Gasteiger partial charge in [-0.1, -0.05) is 46.4 Å². The molecule has 1 saturated heterocycles. The molecule has 240 valence electrons. The van der Waals surface area contributed by atoms with Crippen molar-refractivity contribution in [2.45, 2.75) is 65.5 Å². The number of nitrogens with zero attached hydrogens (tertiary/aromatic N) is 7. The number of pyridine rings is 1. The number of halogens is 2. The number of amides is 1. The van der Waals surface area contributed by atoms with Crippen LogP contribution in [0.2, 0.25) is 0 Å². The zero-order valence-electron chi connectivity index (χ0n) is 26.5. The molecule has 1 amide bonds. The van der Waals surface area contributed by atoms with Crippen LogP contribution in [0.15, 0.2) is 47.8 Å². The summed E-state index contributed by atoms with van der Waals surface area (Å²) in [7, 11) is 0. The molecule has 4 aromatic rings. The molecule has 0 aliphatic carbocycles. The maximum Gasteiger partial charge on any atom is 0.373 e. The van der Waals surface area contributed by atoms with Gasteiger partial charge in [-0.2, -0.15) is 4.98 Å². The van der Waals surface area contributed by atoms with E-state index in [9.17, 15) is 19.5 Å². The van der Waals surface area contributed by atoms with Gasteiger partial charge < -0.3 is 14.9 Å². The molecule has 3 aromatic heterocycles. The number of fused-ring (bicyclic) bond motifs is 1. The van der Waals surface area contributed by atoms with Crippen molar-refractivity contribution >= 4 is 28.7 Å². The molecular weight excluding hydrogens is 596 g/mol. The third kappa shape index (κ3) is 5.61. The Labute approximate surface area is 264 Å². The predicted molar refractivity (Wildman–Crippen MR) is 169 cm³/mol. The first kappa shape index (κ1) is 32.3. The van der Waals surface area contributed by atoms with Crippen LogP contribution in [-0.2, 0) is 4.79 Å². The number of aromatic carboxylic acids is 1. The van der Waals surface area contributed by atoms with Gasteiger partial charge in [-0.05, 0) is 50.0 Å². The number of carboxylic acids is 1. The normalized spacial score (nSPS) is 16.8. The molecular formula is C33H35F2N7O4. The fraction of sp³-hybridized carbons (Fsp3) is 0.364. The molecule has 4 heterocycles. The average Bonchev–Trinajstić information content (AvgIpc) is 3.01. The predicted octanol–water partition coefficient (Wildman–Crippen LogP) is 5.07. The van der Waals surface area contributed by atoms with Crippen molar-refractivity contribution in [2.24, 2.45) is 0 Å². The minimum absolute atomic E-state index is 0.0328. The number of hydrogen-bond donors (Lipinski definition) is 1. The smallest absolute Gasteiger partial charge is 0.373 e. The lowest BCUT2D eigenvalue weighted by Gasteiger charge is -2.44. The monoisotopic (exact) mass is 631 g/mol. The van der Waals surface area contributed by atoms with Crippen molar-refractivity contribution in [1.82, 2.24) is 29.4 Å². The summed E-state index contributed by atoms with van der Waals surface area (Å²) in [6.07, 6.45) is 1.24. The minimum Gasteiger partial charge on any atom is -0.475 e. The van der Waals surface area contributed by atoms with Crippen LogP contribution < -0.4 is 10.6 Å². The van der Waals surface area contributed by atoms with Gasteiger partial charge in [0.25, 0.3) is 0 Å².